The van der Waals surface area contributed by atoms with Gasteiger partial charge in [-0.2, -0.15) is 0 Å². The molecule has 0 saturated heterocycles. The smallest absolute Gasteiger partial charge is 0.336 e. The van der Waals surface area contributed by atoms with E-state index < -0.39 is 5.63 Å². The Hall–Kier alpha value is -3.93. The number of methoxy groups -OCH3 is 2. The molecule has 0 aliphatic heterocycles. The molecule has 6 nitrogen and oxygen atoms in total. The van der Waals surface area contributed by atoms with Crippen molar-refractivity contribution in [1.82, 2.24) is 0 Å². The molecule has 2 N–H and O–H groups in total. The third-order valence-electron chi connectivity index (χ3n) is 4.91. The summed E-state index contributed by atoms with van der Waals surface area (Å²) in [6.45, 7) is 0.342. The Morgan fingerprint density at radius 3 is 2.50 bits per heavy atom. The Bertz CT molecular complexity index is 1250. The van der Waals surface area contributed by atoms with Crippen LogP contribution in [0.1, 0.15) is 5.56 Å². The number of rotatable bonds is 6. The van der Waals surface area contributed by atoms with Crippen molar-refractivity contribution in [2.24, 2.45) is 0 Å². The second-order valence-electron chi connectivity index (χ2n) is 6.74. The van der Waals surface area contributed by atoms with E-state index in [1.54, 1.807) is 32.4 Å². The van der Waals surface area contributed by atoms with Gasteiger partial charge in [0.1, 0.15) is 22.8 Å². The maximum atomic E-state index is 12.2. The molecule has 30 heavy (non-hydrogen) atoms. The van der Waals surface area contributed by atoms with E-state index >= 15 is 0 Å². The number of nitrogens with one attached hydrogen (secondary N) is 1. The third-order valence-corrected chi connectivity index (χ3v) is 4.91. The summed E-state index contributed by atoms with van der Waals surface area (Å²) in [7, 11) is 3.17. The molecule has 3 aromatic carbocycles. The van der Waals surface area contributed by atoms with E-state index in [0.29, 0.717) is 40.1 Å². The van der Waals surface area contributed by atoms with Gasteiger partial charge in [-0.3, -0.25) is 0 Å². The number of fused-ring (bicyclic) bond motifs is 1. The average Bonchev–Trinajstić information content (AvgIpc) is 2.77. The van der Waals surface area contributed by atoms with E-state index in [1.807, 2.05) is 42.5 Å². The highest BCUT2D eigenvalue weighted by Gasteiger charge is 2.13. The van der Waals surface area contributed by atoms with Crippen molar-refractivity contribution < 1.29 is 19.0 Å². The van der Waals surface area contributed by atoms with Crippen LogP contribution in [0.4, 0.5) is 5.69 Å². The Balaban J connectivity index is 1.71. The van der Waals surface area contributed by atoms with Gasteiger partial charge in [0.15, 0.2) is 0 Å². The minimum Gasteiger partial charge on any atom is -0.507 e. The van der Waals surface area contributed by atoms with Gasteiger partial charge in [0.25, 0.3) is 0 Å². The topological polar surface area (TPSA) is 80.9 Å². The molecule has 0 amide bonds. The van der Waals surface area contributed by atoms with Crippen LogP contribution in [-0.4, -0.2) is 19.3 Å². The number of aromatic hydroxyl groups is 1. The lowest BCUT2D eigenvalue weighted by Crippen LogP contribution is -2.06. The van der Waals surface area contributed by atoms with E-state index in [0.717, 1.165) is 11.3 Å². The second-order valence-corrected chi connectivity index (χ2v) is 6.74. The lowest BCUT2D eigenvalue weighted by molar-refractivity contribution is 0.395. The van der Waals surface area contributed by atoms with Crippen molar-refractivity contribution in [3.8, 4) is 28.4 Å². The fourth-order valence-electron chi connectivity index (χ4n) is 3.39. The number of ether oxygens (including phenoxy) is 2. The molecule has 1 heterocycles. The maximum Gasteiger partial charge on any atom is 0.336 e. The summed E-state index contributed by atoms with van der Waals surface area (Å²) in [4.78, 5) is 12.2. The molecule has 4 aromatic rings. The van der Waals surface area contributed by atoms with Crippen molar-refractivity contribution in [2.75, 3.05) is 19.5 Å². The fraction of sp³-hybridized carbons (Fsp3) is 0.125. The summed E-state index contributed by atoms with van der Waals surface area (Å²) in [6, 6.07) is 19.6. The summed E-state index contributed by atoms with van der Waals surface area (Å²) >= 11 is 0. The van der Waals surface area contributed by atoms with Crippen molar-refractivity contribution in [3.05, 3.63) is 82.7 Å². The van der Waals surface area contributed by atoms with Crippen LogP contribution in [0.25, 0.3) is 22.1 Å². The molecule has 0 aliphatic carbocycles. The molecule has 0 unspecified atom stereocenters. The van der Waals surface area contributed by atoms with Crippen LogP contribution in [-0.2, 0) is 6.54 Å². The molecule has 152 valence electrons. The Morgan fingerprint density at radius 2 is 1.77 bits per heavy atom. The van der Waals surface area contributed by atoms with Crippen LogP contribution >= 0.6 is 0 Å². The largest absolute Gasteiger partial charge is 0.507 e. The van der Waals surface area contributed by atoms with E-state index in [1.165, 1.54) is 6.07 Å². The highest BCUT2D eigenvalue weighted by atomic mass is 16.5. The van der Waals surface area contributed by atoms with Crippen molar-refractivity contribution in [1.29, 1.82) is 0 Å². The number of phenols is 1. The minimum atomic E-state index is -0.453. The Morgan fingerprint density at radius 1 is 0.967 bits per heavy atom. The summed E-state index contributed by atoms with van der Waals surface area (Å²) in [6.07, 6.45) is 0. The first-order valence-electron chi connectivity index (χ1n) is 9.40. The molecule has 1 aromatic heterocycles. The number of hydrogen-bond donors (Lipinski definition) is 2. The number of hydrogen-bond acceptors (Lipinski definition) is 6. The highest BCUT2D eigenvalue weighted by molar-refractivity contribution is 5.89. The summed E-state index contributed by atoms with van der Waals surface area (Å²) in [5, 5.41) is 14.5. The first-order chi connectivity index (χ1) is 14.6. The first-order valence-corrected chi connectivity index (χ1v) is 9.40. The fourth-order valence-corrected chi connectivity index (χ4v) is 3.39. The van der Waals surface area contributed by atoms with Gasteiger partial charge in [-0.15, -0.1) is 0 Å². The van der Waals surface area contributed by atoms with Gasteiger partial charge in [0.05, 0.1) is 19.9 Å². The maximum absolute atomic E-state index is 12.2. The monoisotopic (exact) mass is 403 g/mol. The lowest BCUT2D eigenvalue weighted by Gasteiger charge is -2.14. The molecule has 0 aliphatic rings. The van der Waals surface area contributed by atoms with Crippen LogP contribution in [0.2, 0.25) is 0 Å². The molecule has 4 rings (SSSR count). The molecule has 0 fully saturated rings. The van der Waals surface area contributed by atoms with Crippen molar-refractivity contribution in [2.45, 2.75) is 6.54 Å². The molecular formula is C24H21NO5. The van der Waals surface area contributed by atoms with Gasteiger partial charge in [0.2, 0.25) is 0 Å². The van der Waals surface area contributed by atoms with Crippen molar-refractivity contribution >= 4 is 16.7 Å². The van der Waals surface area contributed by atoms with Crippen LogP contribution in [0.5, 0.6) is 17.2 Å². The molecule has 0 saturated carbocycles. The lowest BCUT2D eigenvalue weighted by atomic mass is 10.0. The van der Waals surface area contributed by atoms with E-state index in [4.69, 9.17) is 13.9 Å². The van der Waals surface area contributed by atoms with Crippen LogP contribution in [0.3, 0.4) is 0 Å². The molecule has 0 bridgehead atoms. The summed E-state index contributed by atoms with van der Waals surface area (Å²) < 4.78 is 16.0. The third kappa shape index (κ3) is 3.80. The van der Waals surface area contributed by atoms with Gasteiger partial charge < -0.3 is 24.3 Å². The van der Waals surface area contributed by atoms with Crippen molar-refractivity contribution in [3.63, 3.8) is 0 Å². The number of phenolic OH excluding ortho intramolecular Hbond substituents is 1. The number of benzene rings is 3. The van der Waals surface area contributed by atoms with Gasteiger partial charge >= 0.3 is 5.63 Å². The zero-order valence-electron chi connectivity index (χ0n) is 16.6. The molecular weight excluding hydrogens is 382 g/mol. The summed E-state index contributed by atoms with van der Waals surface area (Å²) in [5.74, 6) is 1.42. The highest BCUT2D eigenvalue weighted by Crippen LogP contribution is 2.35. The molecule has 6 heteroatoms. The molecule has 0 spiro atoms. The van der Waals surface area contributed by atoms with E-state index in [9.17, 15) is 9.90 Å². The van der Waals surface area contributed by atoms with Crippen LogP contribution in [0, 0.1) is 0 Å². The zero-order chi connectivity index (χ0) is 21.1. The second kappa shape index (κ2) is 8.21. The van der Waals surface area contributed by atoms with Crippen LogP contribution < -0.4 is 20.4 Å². The average molecular weight is 403 g/mol. The molecule has 0 atom stereocenters. The van der Waals surface area contributed by atoms with Gasteiger partial charge in [-0.25, -0.2) is 4.79 Å². The zero-order valence-corrected chi connectivity index (χ0v) is 16.6. The van der Waals surface area contributed by atoms with E-state index in [2.05, 4.69) is 5.32 Å². The minimum absolute atomic E-state index is 0.117. The predicted octanol–water partition coefficient (Wildman–Crippen LogP) is 4.79. The summed E-state index contributed by atoms with van der Waals surface area (Å²) in [5.41, 5.74) is 2.86. The van der Waals surface area contributed by atoms with Gasteiger partial charge in [-0.05, 0) is 35.4 Å². The predicted molar refractivity (Wildman–Crippen MR) is 116 cm³/mol. The Labute approximate surface area is 173 Å². The SMILES string of the molecule is COc1ccc(NCc2cc(=O)oc3cc(-c4ccccc4)c(O)cc23)c(OC)c1. The van der Waals surface area contributed by atoms with Crippen LogP contribution in [0.15, 0.2) is 75.9 Å². The first kappa shape index (κ1) is 19.4. The quantitative estimate of drug-likeness (QED) is 0.450. The molecule has 0 radical (unpaired) electrons. The standard InChI is InChI=1S/C24H21NO5/c1-28-17-8-9-20(23(11-17)29-2)25-14-16-10-24(27)30-22-13-18(21(26)12-19(16)22)15-6-4-3-5-7-15/h3-13,25-26H,14H2,1-2H3. The van der Waals surface area contributed by atoms with Gasteiger partial charge in [0, 0.05) is 29.6 Å². The van der Waals surface area contributed by atoms with Gasteiger partial charge in [-0.1, -0.05) is 30.3 Å². The normalized spacial score (nSPS) is 10.7. The van der Waals surface area contributed by atoms with E-state index in [-0.39, 0.29) is 5.75 Å². The Kier molecular flexibility index (Phi) is 5.30. The number of anilines is 1.